The van der Waals surface area contributed by atoms with Crippen LogP contribution in [0.25, 0.3) is 0 Å². The van der Waals surface area contributed by atoms with Gasteiger partial charge in [-0.15, -0.1) is 11.3 Å². The third-order valence-electron chi connectivity index (χ3n) is 3.54. The molecule has 4 heteroatoms. The van der Waals surface area contributed by atoms with Crippen LogP contribution in [0.1, 0.15) is 43.6 Å². The van der Waals surface area contributed by atoms with E-state index in [-0.39, 0.29) is 0 Å². The number of thiophene rings is 1. The van der Waals surface area contributed by atoms with Gasteiger partial charge < -0.3 is 10.2 Å². The van der Waals surface area contributed by atoms with E-state index in [0.29, 0.717) is 18.8 Å². The van der Waals surface area contributed by atoms with Crippen molar-refractivity contribution >= 4 is 27.3 Å². The standard InChI is InChI=1S/C12H17BrO2S/c1-8-2-5-12(15,6-3-8)11(14)10-9(13)4-7-16-10/h4,7-8,11,14-15H,2-3,5-6H2,1H3. The molecule has 1 saturated carbocycles. The molecule has 16 heavy (non-hydrogen) atoms. The Morgan fingerprint density at radius 1 is 1.50 bits per heavy atom. The van der Waals surface area contributed by atoms with E-state index in [1.165, 1.54) is 11.3 Å². The molecule has 2 N–H and O–H groups in total. The van der Waals surface area contributed by atoms with Gasteiger partial charge in [0.15, 0.2) is 0 Å². The second-order valence-electron chi connectivity index (χ2n) is 4.82. The molecular weight excluding hydrogens is 288 g/mol. The van der Waals surface area contributed by atoms with Crippen LogP contribution < -0.4 is 0 Å². The summed E-state index contributed by atoms with van der Waals surface area (Å²) >= 11 is 4.90. The minimum Gasteiger partial charge on any atom is -0.387 e. The zero-order chi connectivity index (χ0) is 11.8. The fourth-order valence-corrected chi connectivity index (χ4v) is 3.96. The number of hydrogen-bond donors (Lipinski definition) is 2. The minimum absolute atomic E-state index is 0.666. The first-order valence-corrected chi connectivity index (χ1v) is 7.33. The highest BCUT2D eigenvalue weighted by molar-refractivity contribution is 9.10. The van der Waals surface area contributed by atoms with Gasteiger partial charge in [0.25, 0.3) is 0 Å². The Labute approximate surface area is 108 Å². The van der Waals surface area contributed by atoms with Crippen molar-refractivity contribution < 1.29 is 10.2 Å². The molecule has 90 valence electrons. The molecule has 0 aliphatic heterocycles. The van der Waals surface area contributed by atoms with E-state index >= 15 is 0 Å². The number of aliphatic hydroxyl groups is 2. The first kappa shape index (κ1) is 12.6. The van der Waals surface area contributed by atoms with Gasteiger partial charge in [0.1, 0.15) is 6.10 Å². The fourth-order valence-electron chi connectivity index (χ4n) is 2.28. The van der Waals surface area contributed by atoms with Crippen LogP contribution in [-0.2, 0) is 0 Å². The molecule has 0 radical (unpaired) electrons. The summed E-state index contributed by atoms with van der Waals surface area (Å²) in [6.07, 6.45) is 2.63. The average Bonchev–Trinajstić information content (AvgIpc) is 2.68. The monoisotopic (exact) mass is 304 g/mol. The maximum atomic E-state index is 10.5. The first-order chi connectivity index (χ1) is 7.53. The van der Waals surface area contributed by atoms with Gasteiger partial charge in [-0.25, -0.2) is 0 Å². The average molecular weight is 305 g/mol. The second-order valence-corrected chi connectivity index (χ2v) is 6.62. The van der Waals surface area contributed by atoms with E-state index in [9.17, 15) is 10.2 Å². The van der Waals surface area contributed by atoms with Gasteiger partial charge in [-0.1, -0.05) is 6.92 Å². The van der Waals surface area contributed by atoms with Crippen molar-refractivity contribution in [3.8, 4) is 0 Å². The zero-order valence-electron chi connectivity index (χ0n) is 9.32. The molecule has 1 unspecified atom stereocenters. The molecule has 0 aromatic carbocycles. The largest absolute Gasteiger partial charge is 0.387 e. The maximum absolute atomic E-state index is 10.5. The van der Waals surface area contributed by atoms with Gasteiger partial charge in [0, 0.05) is 4.47 Å². The molecule has 1 fully saturated rings. The lowest BCUT2D eigenvalue weighted by Gasteiger charge is -2.38. The van der Waals surface area contributed by atoms with Gasteiger partial charge in [0.2, 0.25) is 0 Å². The number of halogens is 1. The van der Waals surface area contributed by atoms with Crippen molar-refractivity contribution in [1.82, 2.24) is 0 Å². The summed E-state index contributed by atoms with van der Waals surface area (Å²) in [5.41, 5.74) is -0.931. The molecule has 1 aliphatic rings. The van der Waals surface area contributed by atoms with Crippen molar-refractivity contribution in [2.45, 2.75) is 44.3 Å². The minimum atomic E-state index is -0.931. The van der Waals surface area contributed by atoms with Crippen LogP contribution in [0.3, 0.4) is 0 Å². The molecule has 0 spiro atoms. The number of hydrogen-bond acceptors (Lipinski definition) is 3. The lowest BCUT2D eigenvalue weighted by atomic mass is 9.76. The first-order valence-electron chi connectivity index (χ1n) is 5.66. The third-order valence-corrected chi connectivity index (χ3v) is 5.47. The van der Waals surface area contributed by atoms with Crippen LogP contribution >= 0.6 is 27.3 Å². The van der Waals surface area contributed by atoms with Crippen LogP contribution in [0, 0.1) is 5.92 Å². The van der Waals surface area contributed by atoms with Gasteiger partial charge in [0.05, 0.1) is 10.5 Å². The summed E-state index contributed by atoms with van der Waals surface area (Å²) in [4.78, 5) is 0.844. The molecule has 2 rings (SSSR count). The lowest BCUT2D eigenvalue weighted by molar-refractivity contribution is -0.104. The summed E-state index contributed by atoms with van der Waals surface area (Å²) < 4.78 is 0.900. The highest BCUT2D eigenvalue weighted by atomic mass is 79.9. The zero-order valence-corrected chi connectivity index (χ0v) is 11.7. The Balaban J connectivity index is 2.15. The van der Waals surface area contributed by atoms with E-state index in [1.54, 1.807) is 0 Å². The Morgan fingerprint density at radius 2 is 2.12 bits per heavy atom. The second kappa shape index (κ2) is 4.77. The van der Waals surface area contributed by atoms with E-state index < -0.39 is 11.7 Å². The molecule has 1 aromatic heterocycles. The predicted molar refractivity (Wildman–Crippen MR) is 69.6 cm³/mol. The molecule has 0 amide bonds. The SMILES string of the molecule is CC1CCC(O)(C(O)c2sccc2Br)CC1. The normalized spacial score (nSPS) is 32.6. The van der Waals surface area contributed by atoms with Crippen molar-refractivity contribution in [2.75, 3.05) is 0 Å². The third kappa shape index (κ3) is 2.35. The van der Waals surface area contributed by atoms with E-state index in [2.05, 4.69) is 22.9 Å². The van der Waals surface area contributed by atoms with E-state index in [0.717, 1.165) is 22.2 Å². The predicted octanol–water partition coefficient (Wildman–Crippen LogP) is 3.49. The van der Waals surface area contributed by atoms with Crippen LogP contribution in [-0.4, -0.2) is 15.8 Å². The lowest BCUT2D eigenvalue weighted by Crippen LogP contribution is -2.39. The molecule has 1 heterocycles. The highest BCUT2D eigenvalue weighted by Crippen LogP contribution is 2.43. The molecule has 0 bridgehead atoms. The smallest absolute Gasteiger partial charge is 0.118 e. The maximum Gasteiger partial charge on any atom is 0.118 e. The Bertz CT molecular complexity index is 356. The van der Waals surface area contributed by atoms with Gasteiger partial charge in [-0.2, -0.15) is 0 Å². The van der Waals surface area contributed by atoms with Crippen LogP contribution in [0.4, 0.5) is 0 Å². The Morgan fingerprint density at radius 3 is 2.62 bits per heavy atom. The van der Waals surface area contributed by atoms with E-state index in [1.807, 2.05) is 11.4 Å². The van der Waals surface area contributed by atoms with Crippen molar-refractivity contribution in [3.05, 3.63) is 20.8 Å². The molecule has 2 nitrogen and oxygen atoms in total. The topological polar surface area (TPSA) is 40.5 Å². The Kier molecular flexibility index (Phi) is 3.74. The summed E-state index contributed by atoms with van der Waals surface area (Å²) in [5, 5.41) is 22.7. The van der Waals surface area contributed by atoms with Crippen LogP contribution in [0.2, 0.25) is 0 Å². The van der Waals surface area contributed by atoms with Gasteiger partial charge in [-0.05, 0) is 59.0 Å². The van der Waals surface area contributed by atoms with Crippen LogP contribution in [0.5, 0.6) is 0 Å². The number of aliphatic hydroxyl groups excluding tert-OH is 1. The molecule has 0 saturated heterocycles. The van der Waals surface area contributed by atoms with Crippen molar-refractivity contribution in [1.29, 1.82) is 0 Å². The summed E-state index contributed by atoms with van der Waals surface area (Å²) in [5.74, 6) is 0.666. The molecule has 1 aromatic rings. The quantitative estimate of drug-likeness (QED) is 0.878. The molecule has 1 aliphatic carbocycles. The molecule has 1 atom stereocenters. The van der Waals surface area contributed by atoms with Crippen molar-refractivity contribution in [3.63, 3.8) is 0 Å². The summed E-state index contributed by atoms with van der Waals surface area (Å²) in [7, 11) is 0. The van der Waals surface area contributed by atoms with Crippen molar-refractivity contribution in [2.24, 2.45) is 5.92 Å². The fraction of sp³-hybridized carbons (Fsp3) is 0.667. The Hall–Kier alpha value is 0.100. The van der Waals surface area contributed by atoms with Gasteiger partial charge >= 0.3 is 0 Å². The highest BCUT2D eigenvalue weighted by Gasteiger charge is 2.40. The summed E-state index contributed by atoms with van der Waals surface area (Å²) in [6.45, 7) is 2.20. The number of rotatable bonds is 2. The summed E-state index contributed by atoms with van der Waals surface area (Å²) in [6, 6.07) is 1.91. The van der Waals surface area contributed by atoms with Crippen LogP contribution in [0.15, 0.2) is 15.9 Å². The van der Waals surface area contributed by atoms with E-state index in [4.69, 9.17) is 0 Å². The molecular formula is C12H17BrO2S. The van der Waals surface area contributed by atoms with Gasteiger partial charge in [-0.3, -0.25) is 0 Å².